The molecule has 0 amide bonds. The summed E-state index contributed by atoms with van der Waals surface area (Å²) >= 11 is 0. The van der Waals surface area contributed by atoms with Crippen molar-refractivity contribution in [2.45, 2.75) is 19.4 Å². The Kier molecular flexibility index (Phi) is 6.39. The summed E-state index contributed by atoms with van der Waals surface area (Å²) in [6.45, 7) is 4.75. The van der Waals surface area contributed by atoms with Crippen LogP contribution in [0.5, 0.6) is 0 Å². The third-order valence-electron chi connectivity index (χ3n) is 6.25. The molecule has 0 saturated carbocycles. The van der Waals surface area contributed by atoms with Crippen LogP contribution in [0.4, 0.5) is 4.79 Å². The van der Waals surface area contributed by atoms with Crippen LogP contribution >= 0.6 is 0 Å². The zero-order valence-corrected chi connectivity index (χ0v) is 19.3. The topological polar surface area (TPSA) is 121 Å². The van der Waals surface area contributed by atoms with Gasteiger partial charge in [0.25, 0.3) is 0 Å². The highest BCUT2D eigenvalue weighted by Gasteiger charge is 2.23. The first kappa shape index (κ1) is 22.9. The lowest BCUT2D eigenvalue weighted by atomic mass is 10.1. The van der Waals surface area contributed by atoms with Crippen molar-refractivity contribution in [2.24, 2.45) is 0 Å². The maximum absolute atomic E-state index is 12.6. The standard InChI is InChI=1S/C25H26N4O6/c1-16(18-3-2-17-6-8-26-21(17)14-18)33-25(32)35-29-12-10-28(11-13-29)9-7-22(30)19-4-5-20-23(15-19)34-24(31)27-20/h2-6,8,14-16,26H,7,9-13H2,1H3,(H,27,31). The normalized spacial score (nSPS) is 15.9. The zero-order valence-electron chi connectivity index (χ0n) is 19.3. The molecule has 5 rings (SSSR count). The van der Waals surface area contributed by atoms with Crippen LogP contribution in [0.25, 0.3) is 22.0 Å². The van der Waals surface area contributed by atoms with E-state index in [1.165, 1.54) is 0 Å². The number of nitrogens with zero attached hydrogens (tertiary/aromatic N) is 2. The van der Waals surface area contributed by atoms with E-state index in [9.17, 15) is 14.4 Å². The molecule has 10 nitrogen and oxygen atoms in total. The number of aromatic amines is 2. The summed E-state index contributed by atoms with van der Waals surface area (Å²) in [6.07, 6.45) is 1.03. The quantitative estimate of drug-likeness (QED) is 0.305. The van der Waals surface area contributed by atoms with Crippen LogP contribution in [0.3, 0.4) is 0 Å². The molecule has 3 heterocycles. The predicted molar refractivity (Wildman–Crippen MR) is 128 cm³/mol. The molecule has 1 aliphatic heterocycles. The van der Waals surface area contributed by atoms with Crippen molar-refractivity contribution >= 4 is 33.9 Å². The number of benzene rings is 2. The number of carbonyl (C=O) groups excluding carboxylic acids is 2. The van der Waals surface area contributed by atoms with Gasteiger partial charge in [-0.25, -0.2) is 9.59 Å². The van der Waals surface area contributed by atoms with Gasteiger partial charge in [0.05, 0.1) is 5.52 Å². The molecule has 4 aromatic rings. The third-order valence-corrected chi connectivity index (χ3v) is 6.25. The number of hydrogen-bond donors (Lipinski definition) is 2. The van der Waals surface area contributed by atoms with Crippen molar-refractivity contribution < 1.29 is 23.6 Å². The maximum Gasteiger partial charge on any atom is 0.528 e. The van der Waals surface area contributed by atoms with Gasteiger partial charge in [0, 0.05) is 56.4 Å². The SMILES string of the molecule is CC(OC(=O)ON1CCN(CCC(=O)c2ccc3[nH]c(=O)oc3c2)CC1)c1ccc2cc[nH]c2c1. The number of fused-ring (bicyclic) bond motifs is 2. The molecule has 35 heavy (non-hydrogen) atoms. The number of ether oxygens (including phenoxy) is 1. The van der Waals surface area contributed by atoms with Crippen LogP contribution in [0, 0.1) is 0 Å². The fourth-order valence-corrected chi connectivity index (χ4v) is 4.22. The first-order valence-corrected chi connectivity index (χ1v) is 11.5. The molecule has 2 N–H and O–H groups in total. The summed E-state index contributed by atoms with van der Waals surface area (Å²) in [5.74, 6) is -0.564. The van der Waals surface area contributed by atoms with Gasteiger partial charge in [0.2, 0.25) is 0 Å². The molecule has 2 aromatic heterocycles. The van der Waals surface area contributed by atoms with Gasteiger partial charge in [-0.3, -0.25) is 9.78 Å². The Morgan fingerprint density at radius 2 is 1.89 bits per heavy atom. The Morgan fingerprint density at radius 3 is 2.71 bits per heavy atom. The second-order valence-corrected chi connectivity index (χ2v) is 8.60. The van der Waals surface area contributed by atoms with Crippen LogP contribution in [0.15, 0.2) is 57.9 Å². The van der Waals surface area contributed by atoms with E-state index in [1.807, 2.05) is 37.4 Å². The number of nitrogens with one attached hydrogen (secondary N) is 2. The summed E-state index contributed by atoms with van der Waals surface area (Å²) in [5, 5.41) is 2.68. The van der Waals surface area contributed by atoms with Crippen molar-refractivity contribution in [1.29, 1.82) is 0 Å². The van der Waals surface area contributed by atoms with Crippen molar-refractivity contribution in [1.82, 2.24) is 19.9 Å². The molecule has 0 aliphatic carbocycles. The average Bonchev–Trinajstić information content (AvgIpc) is 3.47. The minimum Gasteiger partial charge on any atom is -0.425 e. The van der Waals surface area contributed by atoms with E-state index in [0.717, 1.165) is 16.5 Å². The number of rotatable bonds is 7. The molecule has 2 aromatic carbocycles. The first-order valence-electron chi connectivity index (χ1n) is 11.5. The second-order valence-electron chi connectivity index (χ2n) is 8.60. The van der Waals surface area contributed by atoms with E-state index >= 15 is 0 Å². The number of Topliss-reactive ketones (excluding diaryl/α,β-unsaturated/α-hetero) is 1. The van der Waals surface area contributed by atoms with Crippen molar-refractivity contribution in [2.75, 3.05) is 32.7 Å². The highest BCUT2D eigenvalue weighted by Crippen LogP contribution is 2.22. The Labute approximate surface area is 200 Å². The number of oxazole rings is 1. The van der Waals surface area contributed by atoms with Gasteiger partial charge in [0.15, 0.2) is 11.4 Å². The van der Waals surface area contributed by atoms with E-state index in [0.29, 0.717) is 55.8 Å². The molecule has 0 radical (unpaired) electrons. The van der Waals surface area contributed by atoms with Gasteiger partial charge in [-0.05, 0) is 48.2 Å². The number of ketones is 1. The van der Waals surface area contributed by atoms with Gasteiger partial charge >= 0.3 is 11.9 Å². The summed E-state index contributed by atoms with van der Waals surface area (Å²) in [7, 11) is 0. The van der Waals surface area contributed by atoms with Crippen molar-refractivity contribution in [3.05, 3.63) is 70.3 Å². The lowest BCUT2D eigenvalue weighted by Gasteiger charge is -2.33. The fourth-order valence-electron chi connectivity index (χ4n) is 4.22. The minimum absolute atomic E-state index is 0.0236. The summed E-state index contributed by atoms with van der Waals surface area (Å²) in [5.41, 5.74) is 3.31. The number of hydrogen-bond acceptors (Lipinski definition) is 8. The van der Waals surface area contributed by atoms with Gasteiger partial charge in [0.1, 0.15) is 6.10 Å². The molecule has 182 valence electrons. The first-order chi connectivity index (χ1) is 16.9. The van der Waals surface area contributed by atoms with Crippen LogP contribution in [-0.4, -0.2) is 64.6 Å². The van der Waals surface area contributed by atoms with Gasteiger partial charge < -0.3 is 23.9 Å². The van der Waals surface area contributed by atoms with Crippen LogP contribution in [0.1, 0.15) is 35.4 Å². The molecule has 1 saturated heterocycles. The smallest absolute Gasteiger partial charge is 0.425 e. The maximum atomic E-state index is 12.6. The number of piperazine rings is 1. The number of aromatic nitrogens is 2. The van der Waals surface area contributed by atoms with E-state index in [-0.39, 0.29) is 5.78 Å². The van der Waals surface area contributed by atoms with Crippen LogP contribution < -0.4 is 5.76 Å². The molecule has 10 heteroatoms. The van der Waals surface area contributed by atoms with Gasteiger partial charge in [-0.15, -0.1) is 5.06 Å². The van der Waals surface area contributed by atoms with Crippen molar-refractivity contribution in [3.63, 3.8) is 0 Å². The van der Waals surface area contributed by atoms with Gasteiger partial charge in [-0.1, -0.05) is 12.1 Å². The molecule has 0 spiro atoms. The van der Waals surface area contributed by atoms with E-state index in [2.05, 4.69) is 14.9 Å². The Morgan fingerprint density at radius 1 is 1.06 bits per heavy atom. The second kappa shape index (κ2) is 9.77. The summed E-state index contributed by atoms with van der Waals surface area (Å²) in [6, 6.07) is 12.8. The van der Waals surface area contributed by atoms with Crippen LogP contribution in [-0.2, 0) is 9.57 Å². The lowest BCUT2D eigenvalue weighted by molar-refractivity contribution is -0.151. The van der Waals surface area contributed by atoms with Crippen LogP contribution in [0.2, 0.25) is 0 Å². The van der Waals surface area contributed by atoms with E-state index < -0.39 is 18.0 Å². The average molecular weight is 479 g/mol. The molecular formula is C25H26N4O6. The molecule has 1 unspecified atom stereocenters. The Balaban J connectivity index is 1.05. The number of hydroxylamine groups is 2. The molecule has 0 bridgehead atoms. The number of H-pyrrole nitrogens is 2. The molecule has 1 aliphatic rings. The molecule has 1 fully saturated rings. The predicted octanol–water partition coefficient (Wildman–Crippen LogP) is 3.62. The van der Waals surface area contributed by atoms with Crippen molar-refractivity contribution in [3.8, 4) is 0 Å². The molecular weight excluding hydrogens is 452 g/mol. The minimum atomic E-state index is -0.737. The largest absolute Gasteiger partial charge is 0.528 e. The Hall–Kier alpha value is -3.89. The number of carbonyl (C=O) groups is 2. The highest BCUT2D eigenvalue weighted by molar-refractivity contribution is 5.98. The zero-order chi connectivity index (χ0) is 24.4. The monoisotopic (exact) mass is 478 g/mol. The summed E-state index contributed by atoms with van der Waals surface area (Å²) < 4.78 is 10.5. The van der Waals surface area contributed by atoms with Gasteiger partial charge in [-0.2, -0.15) is 0 Å². The molecule has 1 atom stereocenters. The lowest BCUT2D eigenvalue weighted by Crippen LogP contribution is -2.47. The fraction of sp³-hybridized carbons (Fsp3) is 0.320. The highest BCUT2D eigenvalue weighted by atomic mass is 16.8. The van der Waals surface area contributed by atoms with E-state index in [1.54, 1.807) is 23.3 Å². The summed E-state index contributed by atoms with van der Waals surface area (Å²) in [4.78, 5) is 49.4. The Bertz CT molecular complexity index is 1410. The van der Waals surface area contributed by atoms with E-state index in [4.69, 9.17) is 14.0 Å². The third kappa shape index (κ3) is 5.28.